The number of benzene rings is 2. The number of methoxy groups -OCH3 is 1. The van der Waals surface area contributed by atoms with Gasteiger partial charge in [0.15, 0.2) is 40.5 Å². The predicted octanol–water partition coefficient (Wildman–Crippen LogP) is 5.48. The molecule has 738 valence electrons. The zero-order valence-electron chi connectivity index (χ0n) is 77.8. The number of fused-ring (bicyclic) bond motifs is 1. The van der Waals surface area contributed by atoms with Gasteiger partial charge in [0.2, 0.25) is 41.4 Å². The van der Waals surface area contributed by atoms with Crippen LogP contribution in [0.1, 0.15) is 191 Å². The van der Waals surface area contributed by atoms with Crippen molar-refractivity contribution < 1.29 is 129 Å². The van der Waals surface area contributed by atoms with Crippen molar-refractivity contribution in [2.24, 2.45) is 23.5 Å². The fourth-order valence-corrected chi connectivity index (χ4v) is 16.4. The number of aryl methyl sites for hydroxylation is 2. The first-order valence-electron chi connectivity index (χ1n) is 46.1. The number of unbranched alkanes of at least 4 members (excludes halogenated alkanes) is 1. The summed E-state index contributed by atoms with van der Waals surface area (Å²) in [6, 6.07) is 9.96. The number of ketones is 6. The summed E-state index contributed by atoms with van der Waals surface area (Å²) in [5, 5.41) is 24.3. The Balaban J connectivity index is 0.650. The number of rotatable bonds is 71. The van der Waals surface area contributed by atoms with Crippen molar-refractivity contribution in [3.8, 4) is 5.75 Å². The smallest absolute Gasteiger partial charge is 0.469 e. The molecular formula is C92H138N13O27P. The van der Waals surface area contributed by atoms with E-state index in [0.717, 1.165) is 38.2 Å². The van der Waals surface area contributed by atoms with E-state index in [1.54, 1.807) is 48.9 Å². The number of aromatic nitrogens is 4. The minimum Gasteiger partial charge on any atom is -0.495 e. The molecule has 4 heterocycles. The van der Waals surface area contributed by atoms with Gasteiger partial charge in [-0.3, -0.25) is 66.9 Å². The van der Waals surface area contributed by atoms with Gasteiger partial charge >= 0.3 is 7.82 Å². The third-order valence-electron chi connectivity index (χ3n) is 22.8. The van der Waals surface area contributed by atoms with E-state index >= 15 is 0 Å². The van der Waals surface area contributed by atoms with Crippen molar-refractivity contribution in [2.75, 3.05) is 155 Å². The van der Waals surface area contributed by atoms with Crippen LogP contribution < -0.4 is 46.9 Å². The Labute approximate surface area is 777 Å². The van der Waals surface area contributed by atoms with Crippen LogP contribution in [0.2, 0.25) is 0 Å². The molecule has 8 atom stereocenters. The molecule has 40 nitrogen and oxygen atoms in total. The Bertz CT molecular complexity index is 4420. The highest BCUT2D eigenvalue weighted by molar-refractivity contribution is 7.46. The summed E-state index contributed by atoms with van der Waals surface area (Å²) < 4.78 is 67.9. The first-order valence-corrected chi connectivity index (χ1v) is 47.7. The van der Waals surface area contributed by atoms with Gasteiger partial charge < -0.3 is 109 Å². The largest absolute Gasteiger partial charge is 0.495 e. The molecule has 7 amide bonds. The van der Waals surface area contributed by atoms with E-state index < -0.39 is 92.4 Å². The average molecular weight is 1890 g/mol. The lowest BCUT2D eigenvalue weighted by atomic mass is 9.88. The lowest BCUT2D eigenvalue weighted by Gasteiger charge is -2.43. The summed E-state index contributed by atoms with van der Waals surface area (Å²) in [5.74, 6) is -6.69. The van der Waals surface area contributed by atoms with Gasteiger partial charge in [-0.25, -0.2) is 14.5 Å². The molecule has 4 aromatic rings. The predicted molar refractivity (Wildman–Crippen MR) is 487 cm³/mol. The molecule has 133 heavy (non-hydrogen) atoms. The molecule has 2 unspecified atom stereocenters. The fourth-order valence-electron chi connectivity index (χ4n) is 15.9. The Morgan fingerprint density at radius 3 is 1.80 bits per heavy atom. The van der Waals surface area contributed by atoms with E-state index in [0.29, 0.717) is 137 Å². The number of carbonyl (C=O) groups excluding carboxylic acids is 13. The number of nitrogens with one attached hydrogen (secondary N) is 5. The summed E-state index contributed by atoms with van der Waals surface area (Å²) in [7, 11) is -1.89. The van der Waals surface area contributed by atoms with Gasteiger partial charge in [-0.15, -0.1) is 0 Å². The number of likely N-dealkylation sites (tertiary alicyclic amines) is 1. The lowest BCUT2D eigenvalue weighted by Crippen LogP contribution is -2.55. The average Bonchev–Trinajstić information content (AvgIpc) is 1.64. The molecule has 2 aromatic carbocycles. The number of primary amides is 1. The van der Waals surface area contributed by atoms with Gasteiger partial charge in [-0.05, 0) is 126 Å². The summed E-state index contributed by atoms with van der Waals surface area (Å²) >= 11 is 0. The molecule has 0 spiro atoms. The maximum absolute atomic E-state index is 14.4. The fraction of sp³-hybridized carbons (Fsp3) is 0.652. The van der Waals surface area contributed by atoms with E-state index in [2.05, 4.69) is 46.0 Å². The summed E-state index contributed by atoms with van der Waals surface area (Å²) in [6.07, 6.45) is 13.0. The quantitative estimate of drug-likeness (QED) is 0.0195. The number of Topliss-reactive ketones (excluding diaryl/α,β-unsaturated/α-hetero) is 6. The molecule has 1 saturated carbocycles. The molecule has 2 fully saturated rings. The maximum Gasteiger partial charge on any atom is 0.469 e. The van der Waals surface area contributed by atoms with Crippen LogP contribution in [0.4, 0.5) is 23.1 Å². The summed E-state index contributed by atoms with van der Waals surface area (Å²) in [4.78, 5) is 209. The number of amides is 7. The first kappa shape index (κ1) is 110. The van der Waals surface area contributed by atoms with Gasteiger partial charge in [0.25, 0.3) is 5.91 Å². The van der Waals surface area contributed by atoms with Crippen molar-refractivity contribution in [3.63, 3.8) is 0 Å². The molecule has 2 aromatic heterocycles. The van der Waals surface area contributed by atoms with Crippen LogP contribution in [0.15, 0.2) is 67.3 Å². The minimum absolute atomic E-state index is 0.0285. The molecule has 41 heteroatoms. The van der Waals surface area contributed by atoms with Crippen molar-refractivity contribution >= 4 is 107 Å². The number of phosphoric acid groups is 1. The molecular weight excluding hydrogens is 1750 g/mol. The number of aliphatic hydroxyl groups is 1. The number of likely N-dealkylation sites (N-methyl/N-ethyl adjacent to an activating group) is 1. The topological polar surface area (TPSA) is 531 Å². The SMILES string of the molecule is CC[C@@H]1C(=O)N(C)c2cnc(Nc3ccc(C(=O)NCCCCC(NC(C)=O)C(=O)CCCOCCOCC(=O)CCCOCCOCC(=O)CCCOCCOCC(=O)CCCOCCOCC(=O)N4CCC[C@H]4C(=O)C[C@@H](CC(C)C)C(=O)N[C@@H](Cc4cn(CCc5ccccc5)cn4)C(=O)C[C@@H](CO)C(=O)NC(C(N)=O)[C@H](C)OP(=O)(O)O)cc3OC)nc2N1C1CCCC1. The van der Waals surface area contributed by atoms with E-state index in [9.17, 15) is 81.8 Å². The van der Waals surface area contributed by atoms with E-state index in [1.165, 1.54) is 18.9 Å². The molecule has 3 aliphatic rings. The summed E-state index contributed by atoms with van der Waals surface area (Å²) in [5.41, 5.74) is 8.47. The highest BCUT2D eigenvalue weighted by atomic mass is 31.2. The maximum atomic E-state index is 14.4. The second-order valence-electron chi connectivity index (χ2n) is 33.9. The number of nitrogens with two attached hydrogens (primary N) is 1. The van der Waals surface area contributed by atoms with Crippen molar-refractivity contribution in [1.29, 1.82) is 0 Å². The molecule has 2 aliphatic heterocycles. The van der Waals surface area contributed by atoms with Crippen LogP contribution >= 0.6 is 7.82 Å². The normalized spacial score (nSPS) is 15.9. The number of ether oxygens (including phenoxy) is 9. The van der Waals surface area contributed by atoms with Crippen LogP contribution in [0, 0.1) is 17.8 Å². The molecule has 10 N–H and O–H groups in total. The summed E-state index contributed by atoms with van der Waals surface area (Å²) in [6.45, 7) is 10.4. The van der Waals surface area contributed by atoms with Crippen LogP contribution in [0.3, 0.4) is 0 Å². The monoisotopic (exact) mass is 1890 g/mol. The number of anilines is 4. The van der Waals surface area contributed by atoms with Gasteiger partial charge in [-0.2, -0.15) is 4.98 Å². The van der Waals surface area contributed by atoms with Crippen LogP contribution in [0.25, 0.3) is 0 Å². The van der Waals surface area contributed by atoms with Crippen molar-refractivity contribution in [2.45, 2.75) is 231 Å². The third kappa shape index (κ3) is 40.0. The van der Waals surface area contributed by atoms with Crippen molar-refractivity contribution in [1.82, 2.24) is 45.7 Å². The second kappa shape index (κ2) is 59.8. The highest BCUT2D eigenvalue weighted by Crippen LogP contribution is 2.41. The Morgan fingerprint density at radius 2 is 1.24 bits per heavy atom. The number of nitrogens with zero attached hydrogens (tertiary/aromatic N) is 7. The van der Waals surface area contributed by atoms with Gasteiger partial charge in [0.05, 0.1) is 121 Å². The van der Waals surface area contributed by atoms with Gasteiger partial charge in [-0.1, -0.05) is 63.9 Å². The van der Waals surface area contributed by atoms with Crippen LogP contribution in [0.5, 0.6) is 5.75 Å². The molecule has 7 rings (SSSR count). The Morgan fingerprint density at radius 1 is 0.654 bits per heavy atom. The van der Waals surface area contributed by atoms with Gasteiger partial charge in [0.1, 0.15) is 49.9 Å². The lowest BCUT2D eigenvalue weighted by molar-refractivity contribution is -0.142. The number of aliphatic hydroxyl groups excluding tert-OH is 1. The number of hydrogen-bond acceptors (Lipinski definition) is 30. The third-order valence-corrected chi connectivity index (χ3v) is 23.4. The number of hydrogen-bond donors (Lipinski definition) is 9. The zero-order chi connectivity index (χ0) is 96.6. The number of carbonyl (C=O) groups is 13. The highest BCUT2D eigenvalue weighted by Gasteiger charge is 2.43. The molecule has 1 aliphatic carbocycles. The number of imidazole rings is 1. The molecule has 1 saturated heterocycles. The Hall–Kier alpha value is -9.81. The second-order valence-corrected chi connectivity index (χ2v) is 35.0. The van der Waals surface area contributed by atoms with E-state index in [-0.39, 0.29) is 209 Å². The minimum atomic E-state index is -5.15. The molecule has 0 radical (unpaired) electrons. The molecule has 0 bridgehead atoms. The van der Waals surface area contributed by atoms with E-state index in [1.807, 2.05) is 55.7 Å². The Kier molecular flexibility index (Phi) is 49.6. The van der Waals surface area contributed by atoms with Crippen LogP contribution in [-0.2, 0) is 124 Å². The first-order chi connectivity index (χ1) is 63.9. The standard InChI is InChI=1S/C92H138N13O27P/c1-8-77-91(119)102(6)79-54-95-92(101-87(79)105(77)70-23-12-13-24-70)99-75-32-31-66(52-83(75)123-7)88(116)94-34-15-14-28-74(97-64(5)107)80(111)30-20-40-127-43-47-130-59-72(109)26-18-38-125-41-45-128-57-71(108)25-17-37-124-42-46-129-58-73(110)27-19-39-126-44-48-131-60-84(114)104-35-16-29-78(104)82(113)50-67(49-62(2)3)89(117)98-76(53-69-55-103(61-96-69)36-33-65-21-10-9-11-22-65)81(112)51-68(56-106)90(118)100-85(86(93)115)63(4)132-133(120,121)122/h9-11,21-22,31-32,52,54-55,61-63,67-68,70,74,76-78,85,106H,8,12-20,23-30,33-51,53,56-60H2,1-7H3,(H2,93,115)(H,94,116)(H,97,107)(H,98,117)(H,100,118)(H,95,99,101)(H2,120,121,122)/t63-,67+,68-,74?,76-,77+,78-,85?/m0/s1. The number of phosphoric ester groups is 1. The van der Waals surface area contributed by atoms with E-state index in [4.69, 9.17) is 53.3 Å². The zero-order valence-corrected chi connectivity index (χ0v) is 78.7. The van der Waals surface area contributed by atoms with Crippen molar-refractivity contribution in [3.05, 3.63) is 84.1 Å². The van der Waals surface area contributed by atoms with Crippen LogP contribution in [-0.4, -0.2) is 297 Å². The van der Waals surface area contributed by atoms with Gasteiger partial charge in [0, 0.05) is 129 Å².